The van der Waals surface area contributed by atoms with Gasteiger partial charge in [-0.2, -0.15) is 0 Å². The fourth-order valence-corrected chi connectivity index (χ4v) is 3.21. The number of pyridine rings is 1. The standard InChI is InChI=1S/C26H19FN4O3/c27-19-8-10-21(11-9-19)30-26-18(4-3-17-28-26)7-16-25(32)23-5-1-2-6-24(23)29-20-12-14-22(15-13-20)31(33)34/h1-17,29H,(H,28,30). The van der Waals surface area contributed by atoms with E-state index in [0.29, 0.717) is 34.0 Å². The van der Waals surface area contributed by atoms with E-state index in [2.05, 4.69) is 15.6 Å². The first kappa shape index (κ1) is 22.3. The molecular formula is C26H19FN4O3. The molecule has 0 saturated heterocycles. The van der Waals surface area contributed by atoms with E-state index in [9.17, 15) is 19.3 Å². The van der Waals surface area contributed by atoms with Crippen molar-refractivity contribution in [2.45, 2.75) is 0 Å². The number of carbonyl (C=O) groups excluding carboxylic acids is 1. The van der Waals surface area contributed by atoms with Gasteiger partial charge in [-0.05, 0) is 72.8 Å². The number of halogens is 1. The normalized spacial score (nSPS) is 10.7. The number of rotatable bonds is 8. The van der Waals surface area contributed by atoms with E-state index in [0.717, 1.165) is 0 Å². The number of nitrogens with zero attached hydrogens (tertiary/aromatic N) is 2. The monoisotopic (exact) mass is 454 g/mol. The highest BCUT2D eigenvalue weighted by atomic mass is 19.1. The third-order valence-corrected chi connectivity index (χ3v) is 4.91. The van der Waals surface area contributed by atoms with E-state index in [-0.39, 0.29) is 17.3 Å². The molecule has 2 N–H and O–H groups in total. The SMILES string of the molecule is O=C(C=Cc1cccnc1Nc1ccc(F)cc1)c1ccccc1Nc1ccc([N+](=O)[O-])cc1. The Bertz CT molecular complexity index is 1350. The fourth-order valence-electron chi connectivity index (χ4n) is 3.21. The highest BCUT2D eigenvalue weighted by molar-refractivity contribution is 6.10. The zero-order chi connectivity index (χ0) is 23.9. The minimum absolute atomic E-state index is 0.0145. The molecule has 0 aliphatic heterocycles. The molecule has 0 fully saturated rings. The first-order valence-corrected chi connectivity index (χ1v) is 10.3. The molecule has 3 aromatic carbocycles. The third kappa shape index (κ3) is 5.49. The first-order valence-electron chi connectivity index (χ1n) is 10.3. The largest absolute Gasteiger partial charge is 0.355 e. The molecule has 4 aromatic rings. The third-order valence-electron chi connectivity index (χ3n) is 4.91. The summed E-state index contributed by atoms with van der Waals surface area (Å²) in [5.41, 5.74) is 2.96. The Balaban J connectivity index is 1.53. The average molecular weight is 454 g/mol. The van der Waals surface area contributed by atoms with Crippen LogP contribution in [0.15, 0.2) is 97.2 Å². The molecule has 4 rings (SSSR count). The number of para-hydroxylation sites is 1. The van der Waals surface area contributed by atoms with Crippen LogP contribution in [0.5, 0.6) is 0 Å². The Morgan fingerprint density at radius 1 is 0.882 bits per heavy atom. The zero-order valence-electron chi connectivity index (χ0n) is 17.8. The number of non-ortho nitro benzene ring substituents is 1. The molecule has 0 atom stereocenters. The van der Waals surface area contributed by atoms with Gasteiger partial charge < -0.3 is 10.6 Å². The maximum atomic E-state index is 13.2. The molecule has 168 valence electrons. The van der Waals surface area contributed by atoms with Crippen molar-refractivity contribution in [1.29, 1.82) is 0 Å². The Hall–Kier alpha value is -4.85. The van der Waals surface area contributed by atoms with Crippen molar-refractivity contribution in [3.05, 3.63) is 124 Å². The number of nitrogens with one attached hydrogen (secondary N) is 2. The van der Waals surface area contributed by atoms with Gasteiger partial charge in [-0.1, -0.05) is 12.1 Å². The summed E-state index contributed by atoms with van der Waals surface area (Å²) >= 11 is 0. The summed E-state index contributed by atoms with van der Waals surface area (Å²) in [6.45, 7) is 0. The van der Waals surface area contributed by atoms with E-state index in [1.807, 2.05) is 6.07 Å². The Labute approximate surface area is 194 Å². The summed E-state index contributed by atoms with van der Waals surface area (Å²) in [4.78, 5) is 27.7. The van der Waals surface area contributed by atoms with Gasteiger partial charge >= 0.3 is 0 Å². The molecule has 7 nitrogen and oxygen atoms in total. The van der Waals surface area contributed by atoms with Gasteiger partial charge in [-0.25, -0.2) is 9.37 Å². The molecule has 1 aromatic heterocycles. The van der Waals surface area contributed by atoms with Crippen LogP contribution in [0.3, 0.4) is 0 Å². The van der Waals surface area contributed by atoms with Gasteiger partial charge in [0.25, 0.3) is 5.69 Å². The summed E-state index contributed by atoms with van der Waals surface area (Å²) < 4.78 is 13.2. The van der Waals surface area contributed by atoms with Crippen molar-refractivity contribution in [2.24, 2.45) is 0 Å². The second-order valence-electron chi connectivity index (χ2n) is 7.25. The summed E-state index contributed by atoms with van der Waals surface area (Å²) in [5, 5.41) is 17.1. The number of ketones is 1. The van der Waals surface area contributed by atoms with Crippen molar-refractivity contribution < 1.29 is 14.1 Å². The smallest absolute Gasteiger partial charge is 0.269 e. The number of nitro groups is 1. The Morgan fingerprint density at radius 2 is 1.56 bits per heavy atom. The summed E-state index contributed by atoms with van der Waals surface area (Å²) in [6, 6.07) is 22.4. The van der Waals surface area contributed by atoms with Crippen molar-refractivity contribution in [3.63, 3.8) is 0 Å². The molecule has 8 heteroatoms. The van der Waals surface area contributed by atoms with Crippen LogP contribution in [-0.4, -0.2) is 15.7 Å². The highest BCUT2D eigenvalue weighted by Crippen LogP contribution is 2.25. The predicted molar refractivity (Wildman–Crippen MR) is 130 cm³/mol. The zero-order valence-corrected chi connectivity index (χ0v) is 17.8. The second-order valence-corrected chi connectivity index (χ2v) is 7.25. The molecule has 0 saturated carbocycles. The van der Waals surface area contributed by atoms with Crippen LogP contribution in [0.1, 0.15) is 15.9 Å². The molecular weight excluding hydrogens is 435 g/mol. The van der Waals surface area contributed by atoms with Gasteiger partial charge in [0.05, 0.1) is 4.92 Å². The van der Waals surface area contributed by atoms with Crippen molar-refractivity contribution in [2.75, 3.05) is 10.6 Å². The van der Waals surface area contributed by atoms with Crippen molar-refractivity contribution >= 4 is 40.4 Å². The van der Waals surface area contributed by atoms with Gasteiger partial charge in [-0.3, -0.25) is 14.9 Å². The van der Waals surface area contributed by atoms with Gasteiger partial charge in [-0.15, -0.1) is 0 Å². The minimum Gasteiger partial charge on any atom is -0.355 e. The van der Waals surface area contributed by atoms with E-state index in [1.165, 1.54) is 30.3 Å². The summed E-state index contributed by atoms with van der Waals surface area (Å²) in [7, 11) is 0. The average Bonchev–Trinajstić information content (AvgIpc) is 2.85. The van der Waals surface area contributed by atoms with Crippen LogP contribution in [0.2, 0.25) is 0 Å². The quantitative estimate of drug-likeness (QED) is 0.136. The van der Waals surface area contributed by atoms with Gasteiger partial charge in [0.1, 0.15) is 11.6 Å². The molecule has 34 heavy (non-hydrogen) atoms. The fraction of sp³-hybridized carbons (Fsp3) is 0. The van der Waals surface area contributed by atoms with E-state index >= 15 is 0 Å². The van der Waals surface area contributed by atoms with Gasteiger partial charge in [0.2, 0.25) is 0 Å². The van der Waals surface area contributed by atoms with E-state index in [4.69, 9.17) is 0 Å². The Morgan fingerprint density at radius 3 is 2.29 bits per heavy atom. The number of hydrogen-bond donors (Lipinski definition) is 2. The maximum Gasteiger partial charge on any atom is 0.269 e. The van der Waals surface area contributed by atoms with Crippen LogP contribution in [-0.2, 0) is 0 Å². The van der Waals surface area contributed by atoms with Crippen LogP contribution in [0.25, 0.3) is 6.08 Å². The molecule has 0 aliphatic carbocycles. The van der Waals surface area contributed by atoms with Crippen molar-refractivity contribution in [3.8, 4) is 0 Å². The lowest BCUT2D eigenvalue weighted by Crippen LogP contribution is -2.02. The van der Waals surface area contributed by atoms with Crippen LogP contribution >= 0.6 is 0 Å². The summed E-state index contributed by atoms with van der Waals surface area (Å²) in [5.74, 6) is -0.0460. The molecule has 0 unspecified atom stereocenters. The maximum absolute atomic E-state index is 13.2. The second kappa shape index (κ2) is 10.2. The highest BCUT2D eigenvalue weighted by Gasteiger charge is 2.10. The van der Waals surface area contributed by atoms with Crippen molar-refractivity contribution in [1.82, 2.24) is 4.98 Å². The van der Waals surface area contributed by atoms with Crippen LogP contribution in [0, 0.1) is 15.9 Å². The topological polar surface area (TPSA) is 97.2 Å². The molecule has 0 radical (unpaired) electrons. The number of aromatic nitrogens is 1. The number of hydrogen-bond acceptors (Lipinski definition) is 6. The number of nitro benzene ring substituents is 1. The first-order chi connectivity index (χ1) is 16.5. The van der Waals surface area contributed by atoms with Crippen LogP contribution in [0.4, 0.5) is 33.0 Å². The number of carbonyl (C=O) groups is 1. The lowest BCUT2D eigenvalue weighted by Gasteiger charge is -2.10. The van der Waals surface area contributed by atoms with E-state index in [1.54, 1.807) is 66.9 Å². The molecule has 0 amide bonds. The molecule has 1 heterocycles. The number of benzene rings is 3. The predicted octanol–water partition coefficient (Wildman–Crippen LogP) is 6.51. The van der Waals surface area contributed by atoms with Gasteiger partial charge in [0, 0.05) is 46.5 Å². The van der Waals surface area contributed by atoms with E-state index < -0.39 is 4.92 Å². The summed E-state index contributed by atoms with van der Waals surface area (Å²) in [6.07, 6.45) is 4.72. The number of allylic oxidation sites excluding steroid dienone is 1. The number of anilines is 4. The van der Waals surface area contributed by atoms with Crippen LogP contribution < -0.4 is 10.6 Å². The Kier molecular flexibility index (Phi) is 6.69. The molecule has 0 aliphatic rings. The van der Waals surface area contributed by atoms with Gasteiger partial charge in [0.15, 0.2) is 5.78 Å². The minimum atomic E-state index is -0.469. The molecule has 0 bridgehead atoms. The lowest BCUT2D eigenvalue weighted by molar-refractivity contribution is -0.384. The lowest BCUT2D eigenvalue weighted by atomic mass is 10.1. The molecule has 0 spiro atoms.